The Labute approximate surface area is 72.9 Å². The lowest BCUT2D eigenvalue weighted by Gasteiger charge is -2.01. The third kappa shape index (κ3) is 2.02. The lowest BCUT2D eigenvalue weighted by molar-refractivity contribution is 0.496. The van der Waals surface area contributed by atoms with Crippen molar-refractivity contribution in [1.29, 1.82) is 0 Å². The highest BCUT2D eigenvalue weighted by Gasteiger charge is 2.07. The Morgan fingerprint density at radius 3 is 2.00 bits per heavy atom. The van der Waals surface area contributed by atoms with Crippen molar-refractivity contribution in [1.82, 2.24) is 0 Å². The molecule has 0 atom stereocenters. The molecule has 0 fully saturated rings. The highest BCUT2D eigenvalue weighted by Crippen LogP contribution is 2.16. The van der Waals surface area contributed by atoms with E-state index >= 15 is 0 Å². The summed E-state index contributed by atoms with van der Waals surface area (Å²) in [4.78, 5) is 0. The second-order valence-corrected chi connectivity index (χ2v) is 1.89. The smallest absolute Gasteiger partial charge is 0.161 e. The number of hydrazine groups is 1. The number of rotatable bonds is 1. The van der Waals surface area contributed by atoms with E-state index in [9.17, 15) is 13.2 Å². The zero-order valence-electron chi connectivity index (χ0n) is 5.77. The summed E-state index contributed by atoms with van der Waals surface area (Å²) < 4.78 is 37.0. The first-order valence-corrected chi connectivity index (χ1v) is 2.76. The zero-order chi connectivity index (χ0) is 8.43. The van der Waals surface area contributed by atoms with Gasteiger partial charge in [-0.2, -0.15) is 0 Å². The molecular weight excluding hydrogens is 193 g/mol. The van der Waals surface area contributed by atoms with Gasteiger partial charge >= 0.3 is 0 Å². The molecule has 0 saturated heterocycles. The molecule has 0 heterocycles. The van der Waals surface area contributed by atoms with Gasteiger partial charge in [0.1, 0.15) is 0 Å². The van der Waals surface area contributed by atoms with Crippen LogP contribution in [0.5, 0.6) is 0 Å². The SMILES string of the molecule is Cl.NNc1cc(F)c(F)cc1F. The van der Waals surface area contributed by atoms with Crippen LogP contribution in [0.1, 0.15) is 0 Å². The fourth-order valence-corrected chi connectivity index (χ4v) is 0.633. The first kappa shape index (κ1) is 11.1. The first-order chi connectivity index (χ1) is 5.15. The minimum absolute atomic E-state index is 0. The van der Waals surface area contributed by atoms with E-state index in [1.54, 1.807) is 0 Å². The molecule has 2 nitrogen and oxygen atoms in total. The standard InChI is InChI=1S/C6H5F3N2.ClH/c7-3-1-5(9)6(11-10)2-4(3)8;/h1-2,11H,10H2;1H. The average Bonchev–Trinajstić information content (AvgIpc) is 1.97. The van der Waals surface area contributed by atoms with Gasteiger partial charge in [0.15, 0.2) is 17.5 Å². The number of anilines is 1. The predicted molar refractivity (Wildman–Crippen MR) is 41.4 cm³/mol. The average molecular weight is 199 g/mol. The van der Waals surface area contributed by atoms with Gasteiger partial charge in [0.2, 0.25) is 0 Å². The van der Waals surface area contributed by atoms with E-state index in [4.69, 9.17) is 5.84 Å². The van der Waals surface area contributed by atoms with Crippen LogP contribution in [0.2, 0.25) is 0 Å². The lowest BCUT2D eigenvalue weighted by atomic mass is 10.3. The normalized spacial score (nSPS) is 9.00. The monoisotopic (exact) mass is 198 g/mol. The number of hydrogen-bond donors (Lipinski definition) is 2. The Morgan fingerprint density at radius 1 is 1.00 bits per heavy atom. The molecule has 68 valence electrons. The third-order valence-electron chi connectivity index (χ3n) is 1.17. The summed E-state index contributed by atoms with van der Waals surface area (Å²) >= 11 is 0. The van der Waals surface area contributed by atoms with Crippen LogP contribution in [0.15, 0.2) is 12.1 Å². The number of benzene rings is 1. The molecule has 12 heavy (non-hydrogen) atoms. The highest BCUT2D eigenvalue weighted by molar-refractivity contribution is 5.85. The van der Waals surface area contributed by atoms with Crippen LogP contribution in [0.4, 0.5) is 18.9 Å². The first-order valence-electron chi connectivity index (χ1n) is 2.76. The summed E-state index contributed by atoms with van der Waals surface area (Å²) in [6.45, 7) is 0. The van der Waals surface area contributed by atoms with E-state index in [1.165, 1.54) is 0 Å². The molecule has 1 rings (SSSR count). The van der Waals surface area contributed by atoms with Gasteiger partial charge in [0.05, 0.1) is 5.69 Å². The van der Waals surface area contributed by atoms with E-state index < -0.39 is 17.5 Å². The van der Waals surface area contributed by atoms with Crippen LogP contribution in [0.25, 0.3) is 0 Å². The fourth-order valence-electron chi connectivity index (χ4n) is 0.633. The molecule has 0 spiro atoms. The number of nitrogen functional groups attached to an aromatic ring is 1. The molecule has 0 radical (unpaired) electrons. The molecule has 0 saturated carbocycles. The fraction of sp³-hybridized carbons (Fsp3) is 0. The minimum Gasteiger partial charge on any atom is -0.321 e. The molecular formula is C6H6ClF3N2. The lowest BCUT2D eigenvalue weighted by Crippen LogP contribution is -2.09. The number of nitrogens with two attached hydrogens (primary N) is 1. The second kappa shape index (κ2) is 4.18. The van der Waals surface area contributed by atoms with E-state index in [0.717, 1.165) is 0 Å². The van der Waals surface area contributed by atoms with E-state index in [0.29, 0.717) is 12.1 Å². The van der Waals surface area contributed by atoms with E-state index in [-0.39, 0.29) is 18.1 Å². The van der Waals surface area contributed by atoms with Crippen LogP contribution in [-0.2, 0) is 0 Å². The molecule has 0 aliphatic carbocycles. The van der Waals surface area contributed by atoms with Crippen molar-refractivity contribution in [3.8, 4) is 0 Å². The van der Waals surface area contributed by atoms with Gasteiger partial charge in [0.25, 0.3) is 0 Å². The molecule has 0 unspecified atom stereocenters. The van der Waals surface area contributed by atoms with Gasteiger partial charge in [-0.1, -0.05) is 0 Å². The van der Waals surface area contributed by atoms with Crippen LogP contribution < -0.4 is 11.3 Å². The Kier molecular flexibility index (Phi) is 3.85. The van der Waals surface area contributed by atoms with Crippen molar-refractivity contribution >= 4 is 18.1 Å². The topological polar surface area (TPSA) is 38.0 Å². The minimum atomic E-state index is -1.23. The van der Waals surface area contributed by atoms with Crippen molar-refractivity contribution in [2.45, 2.75) is 0 Å². The predicted octanol–water partition coefficient (Wildman–Crippen LogP) is 1.81. The van der Waals surface area contributed by atoms with Gasteiger partial charge in [0, 0.05) is 12.1 Å². The Hall–Kier alpha value is -0.940. The maximum absolute atomic E-state index is 12.5. The van der Waals surface area contributed by atoms with E-state index in [1.807, 2.05) is 5.43 Å². The summed E-state index contributed by atoms with van der Waals surface area (Å²) in [7, 11) is 0. The second-order valence-electron chi connectivity index (χ2n) is 1.89. The van der Waals surface area contributed by atoms with Crippen molar-refractivity contribution in [3.05, 3.63) is 29.6 Å². The molecule has 0 amide bonds. The van der Waals surface area contributed by atoms with Crippen molar-refractivity contribution < 1.29 is 13.2 Å². The largest absolute Gasteiger partial charge is 0.321 e. The molecule has 6 heteroatoms. The maximum Gasteiger partial charge on any atom is 0.161 e. The number of halogens is 4. The Morgan fingerprint density at radius 2 is 1.50 bits per heavy atom. The third-order valence-corrected chi connectivity index (χ3v) is 1.17. The molecule has 3 N–H and O–H groups in total. The molecule has 0 aliphatic heterocycles. The molecule has 0 bridgehead atoms. The van der Waals surface area contributed by atoms with Gasteiger partial charge in [-0.25, -0.2) is 13.2 Å². The van der Waals surface area contributed by atoms with E-state index in [2.05, 4.69) is 0 Å². The summed E-state index contributed by atoms with van der Waals surface area (Å²) in [5, 5.41) is 0. The van der Waals surface area contributed by atoms with Crippen molar-refractivity contribution in [2.24, 2.45) is 5.84 Å². The summed E-state index contributed by atoms with van der Waals surface area (Å²) in [6, 6.07) is 1.06. The van der Waals surface area contributed by atoms with Gasteiger partial charge < -0.3 is 5.43 Å². The summed E-state index contributed by atoms with van der Waals surface area (Å²) in [5.74, 6) is 1.49. The molecule has 1 aromatic rings. The quantitative estimate of drug-likeness (QED) is 0.410. The van der Waals surface area contributed by atoms with Gasteiger partial charge in [-0.15, -0.1) is 12.4 Å². The van der Waals surface area contributed by atoms with Crippen molar-refractivity contribution in [2.75, 3.05) is 5.43 Å². The van der Waals surface area contributed by atoms with Crippen LogP contribution in [0, 0.1) is 17.5 Å². The van der Waals surface area contributed by atoms with Gasteiger partial charge in [-0.05, 0) is 0 Å². The summed E-state index contributed by atoms with van der Waals surface area (Å²) in [6.07, 6.45) is 0. The van der Waals surface area contributed by atoms with Crippen molar-refractivity contribution in [3.63, 3.8) is 0 Å². The highest BCUT2D eigenvalue weighted by atomic mass is 35.5. The number of hydrogen-bond acceptors (Lipinski definition) is 2. The molecule has 0 aromatic heterocycles. The molecule has 0 aliphatic rings. The zero-order valence-corrected chi connectivity index (χ0v) is 6.59. The van der Waals surface area contributed by atoms with Crippen LogP contribution in [0.3, 0.4) is 0 Å². The molecule has 1 aromatic carbocycles. The van der Waals surface area contributed by atoms with Gasteiger partial charge in [-0.3, -0.25) is 5.84 Å². The number of nitrogens with one attached hydrogen (secondary N) is 1. The van der Waals surface area contributed by atoms with Crippen LogP contribution in [-0.4, -0.2) is 0 Å². The summed E-state index contributed by atoms with van der Waals surface area (Å²) in [5.41, 5.74) is 1.61. The Balaban J connectivity index is 0.00000121. The maximum atomic E-state index is 12.5. The van der Waals surface area contributed by atoms with Crippen LogP contribution >= 0.6 is 12.4 Å². The Bertz CT molecular complexity index is 280.